The lowest BCUT2D eigenvalue weighted by Gasteiger charge is -2.29. The molecule has 1 heterocycles. The normalized spacial score (nSPS) is 20.8. The molecular weight excluding hydrogens is 453 g/mol. The smallest absolute Gasteiger partial charge is 0.242 e. The Hall–Kier alpha value is -2.38. The number of hydrogen-bond donors (Lipinski definition) is 1. The van der Waals surface area contributed by atoms with Crippen molar-refractivity contribution in [2.75, 3.05) is 13.1 Å². The maximum atomic E-state index is 13.2. The van der Waals surface area contributed by atoms with Gasteiger partial charge in [-0.3, -0.25) is 24.1 Å². The van der Waals surface area contributed by atoms with Crippen molar-refractivity contribution in [3.63, 3.8) is 0 Å². The van der Waals surface area contributed by atoms with E-state index in [0.717, 1.165) is 0 Å². The number of hydrogen-bond acceptors (Lipinski definition) is 4. The molecule has 9 heteroatoms. The molecule has 0 aromatic heterocycles. The molecule has 0 radical (unpaired) electrons. The number of nitrogens with one attached hydrogen (secondary N) is 1. The molecule has 4 amide bonds. The quantitative estimate of drug-likeness (QED) is 0.458. The van der Waals surface area contributed by atoms with Crippen molar-refractivity contribution in [1.29, 1.82) is 0 Å². The minimum Gasteiger partial charge on any atom is -0.355 e. The van der Waals surface area contributed by atoms with E-state index in [1.54, 1.807) is 32.0 Å². The van der Waals surface area contributed by atoms with Gasteiger partial charge in [-0.1, -0.05) is 41.4 Å². The van der Waals surface area contributed by atoms with Crippen LogP contribution < -0.4 is 5.32 Å². The molecule has 0 bridgehead atoms. The molecule has 32 heavy (non-hydrogen) atoms. The van der Waals surface area contributed by atoms with E-state index in [1.165, 1.54) is 9.80 Å². The first kappa shape index (κ1) is 24.3. The van der Waals surface area contributed by atoms with Crippen molar-refractivity contribution in [1.82, 2.24) is 15.1 Å². The molecule has 1 aromatic carbocycles. The van der Waals surface area contributed by atoms with Crippen molar-refractivity contribution < 1.29 is 19.2 Å². The predicted molar refractivity (Wildman–Crippen MR) is 122 cm³/mol. The Morgan fingerprint density at radius 2 is 1.78 bits per heavy atom. The van der Waals surface area contributed by atoms with Crippen LogP contribution in [-0.4, -0.2) is 52.6 Å². The third-order valence-electron chi connectivity index (χ3n) is 6.02. The van der Waals surface area contributed by atoms with Gasteiger partial charge in [0.1, 0.15) is 6.04 Å². The lowest BCUT2D eigenvalue weighted by molar-refractivity contribution is -0.143. The molecule has 3 rings (SSSR count). The SMILES string of the molecule is CCNC(=O)[C@@H](C)N(Cc1ccc(Cl)cc1Cl)C(=O)CCN1C(=O)[C@H]2CC=CC[C@H]2C1=O. The summed E-state index contributed by atoms with van der Waals surface area (Å²) >= 11 is 12.3. The van der Waals surface area contributed by atoms with Gasteiger partial charge in [0.05, 0.1) is 11.8 Å². The molecule has 1 aliphatic heterocycles. The minimum absolute atomic E-state index is 0.00351. The number of rotatable bonds is 8. The molecule has 0 spiro atoms. The van der Waals surface area contributed by atoms with Crippen LogP contribution in [0.5, 0.6) is 0 Å². The molecule has 172 valence electrons. The molecule has 1 fully saturated rings. The fourth-order valence-electron chi connectivity index (χ4n) is 4.18. The van der Waals surface area contributed by atoms with Crippen molar-refractivity contribution in [2.45, 2.75) is 45.7 Å². The number of likely N-dealkylation sites (tertiary alicyclic amines) is 1. The summed E-state index contributed by atoms with van der Waals surface area (Å²) in [5.74, 6) is -1.75. The average molecular weight is 480 g/mol. The second-order valence-corrected chi connectivity index (χ2v) is 8.91. The number of halogens is 2. The zero-order valence-corrected chi connectivity index (χ0v) is 19.7. The molecule has 0 saturated carbocycles. The highest BCUT2D eigenvalue weighted by molar-refractivity contribution is 6.35. The maximum absolute atomic E-state index is 13.2. The largest absolute Gasteiger partial charge is 0.355 e. The fourth-order valence-corrected chi connectivity index (χ4v) is 4.65. The van der Waals surface area contributed by atoms with Crippen LogP contribution in [0, 0.1) is 11.8 Å². The van der Waals surface area contributed by atoms with Crippen LogP contribution in [0.2, 0.25) is 10.0 Å². The number of imide groups is 1. The fraction of sp³-hybridized carbons (Fsp3) is 0.478. The van der Waals surface area contributed by atoms with E-state index in [-0.39, 0.29) is 55.0 Å². The second-order valence-electron chi connectivity index (χ2n) is 8.06. The van der Waals surface area contributed by atoms with Gasteiger partial charge in [-0.25, -0.2) is 0 Å². The van der Waals surface area contributed by atoms with Crippen LogP contribution in [0.25, 0.3) is 0 Å². The zero-order chi connectivity index (χ0) is 23.4. The van der Waals surface area contributed by atoms with Gasteiger partial charge in [0.15, 0.2) is 0 Å². The summed E-state index contributed by atoms with van der Waals surface area (Å²) in [5.41, 5.74) is 0.644. The van der Waals surface area contributed by atoms with Crippen LogP contribution in [0.15, 0.2) is 30.4 Å². The van der Waals surface area contributed by atoms with E-state index >= 15 is 0 Å². The van der Waals surface area contributed by atoms with Crippen molar-refractivity contribution >= 4 is 46.8 Å². The monoisotopic (exact) mass is 479 g/mol. The molecule has 1 aromatic rings. The van der Waals surface area contributed by atoms with E-state index in [9.17, 15) is 19.2 Å². The van der Waals surface area contributed by atoms with Crippen molar-refractivity contribution in [3.05, 3.63) is 46.0 Å². The van der Waals surface area contributed by atoms with Crippen LogP contribution in [0.4, 0.5) is 0 Å². The van der Waals surface area contributed by atoms with Gasteiger partial charge in [0, 0.05) is 36.1 Å². The summed E-state index contributed by atoms with van der Waals surface area (Å²) in [4.78, 5) is 53.6. The first-order valence-corrected chi connectivity index (χ1v) is 11.5. The second kappa shape index (κ2) is 10.5. The summed E-state index contributed by atoms with van der Waals surface area (Å²) < 4.78 is 0. The van der Waals surface area contributed by atoms with Crippen LogP contribution >= 0.6 is 23.2 Å². The Morgan fingerprint density at radius 3 is 2.34 bits per heavy atom. The summed E-state index contributed by atoms with van der Waals surface area (Å²) in [6.07, 6.45) is 4.88. The molecular formula is C23H27Cl2N3O4. The third kappa shape index (κ3) is 5.15. The lowest BCUT2D eigenvalue weighted by Crippen LogP contribution is -2.48. The van der Waals surface area contributed by atoms with Gasteiger partial charge in [0.25, 0.3) is 0 Å². The Labute approximate surface area is 197 Å². The number of carbonyl (C=O) groups excluding carboxylic acids is 4. The summed E-state index contributed by atoms with van der Waals surface area (Å²) in [6.45, 7) is 3.96. The van der Waals surface area contributed by atoms with Gasteiger partial charge < -0.3 is 10.2 Å². The summed E-state index contributed by atoms with van der Waals surface area (Å²) in [7, 11) is 0. The average Bonchev–Trinajstić information content (AvgIpc) is 3.01. The van der Waals surface area contributed by atoms with Crippen LogP contribution in [0.1, 0.15) is 38.7 Å². The van der Waals surface area contributed by atoms with E-state index < -0.39 is 6.04 Å². The molecule has 7 nitrogen and oxygen atoms in total. The highest BCUT2D eigenvalue weighted by atomic mass is 35.5. The maximum Gasteiger partial charge on any atom is 0.242 e. The van der Waals surface area contributed by atoms with Gasteiger partial charge >= 0.3 is 0 Å². The Bertz CT molecular complexity index is 923. The first-order valence-electron chi connectivity index (χ1n) is 10.8. The van der Waals surface area contributed by atoms with Gasteiger partial charge in [-0.15, -0.1) is 0 Å². The van der Waals surface area contributed by atoms with Crippen molar-refractivity contribution in [2.24, 2.45) is 11.8 Å². The third-order valence-corrected chi connectivity index (χ3v) is 6.61. The van der Waals surface area contributed by atoms with Crippen molar-refractivity contribution in [3.8, 4) is 0 Å². The number of fused-ring (bicyclic) bond motifs is 1. The molecule has 1 aliphatic carbocycles. The molecule has 1 N–H and O–H groups in total. The molecule has 3 atom stereocenters. The number of benzene rings is 1. The molecule has 2 aliphatic rings. The highest BCUT2D eigenvalue weighted by Crippen LogP contribution is 2.35. The number of amides is 4. The standard InChI is InChI=1S/C23H27Cl2N3O4/c1-3-26-21(30)14(2)28(13-15-8-9-16(24)12-19(15)25)20(29)10-11-27-22(31)17-6-4-5-7-18(17)23(27)32/h4-5,8-9,12,14,17-18H,3,6-7,10-11,13H2,1-2H3,(H,26,30)/t14-,17-,18+/m1/s1. The van der Waals surface area contributed by atoms with Gasteiger partial charge in [0.2, 0.25) is 23.6 Å². The Balaban J connectivity index is 1.73. The number of allylic oxidation sites excluding steroid dienone is 2. The minimum atomic E-state index is -0.758. The van der Waals surface area contributed by atoms with E-state index in [2.05, 4.69) is 5.32 Å². The Kier molecular flexibility index (Phi) is 7.96. The van der Waals surface area contributed by atoms with E-state index in [4.69, 9.17) is 23.2 Å². The van der Waals surface area contributed by atoms with E-state index in [0.29, 0.717) is 35.0 Å². The highest BCUT2D eigenvalue weighted by Gasteiger charge is 2.47. The summed E-state index contributed by atoms with van der Waals surface area (Å²) in [5, 5.41) is 3.58. The van der Waals surface area contributed by atoms with Crippen LogP contribution in [0.3, 0.4) is 0 Å². The molecule has 1 saturated heterocycles. The first-order chi connectivity index (χ1) is 15.2. The van der Waals surface area contributed by atoms with E-state index in [1.807, 2.05) is 12.2 Å². The van der Waals surface area contributed by atoms with Gasteiger partial charge in [-0.2, -0.15) is 0 Å². The molecule has 0 unspecified atom stereocenters. The number of carbonyl (C=O) groups is 4. The van der Waals surface area contributed by atoms with Gasteiger partial charge in [-0.05, 0) is 44.4 Å². The Morgan fingerprint density at radius 1 is 1.16 bits per heavy atom. The topological polar surface area (TPSA) is 86.8 Å². The number of likely N-dealkylation sites (N-methyl/N-ethyl adjacent to an activating group) is 1. The lowest BCUT2D eigenvalue weighted by atomic mass is 9.85. The van der Waals surface area contributed by atoms with Crippen LogP contribution in [-0.2, 0) is 25.7 Å². The number of nitrogens with zero attached hydrogens (tertiary/aromatic N) is 2. The predicted octanol–water partition coefficient (Wildman–Crippen LogP) is 3.19. The zero-order valence-electron chi connectivity index (χ0n) is 18.1. The summed E-state index contributed by atoms with van der Waals surface area (Å²) in [6, 6.07) is 4.20.